The van der Waals surface area contributed by atoms with Crippen LogP contribution in [0.15, 0.2) is 18.3 Å². The van der Waals surface area contributed by atoms with Crippen molar-refractivity contribution in [1.82, 2.24) is 14.9 Å². The van der Waals surface area contributed by atoms with Crippen LogP contribution in [0.1, 0.15) is 15.9 Å². The van der Waals surface area contributed by atoms with Crippen LogP contribution in [-0.4, -0.2) is 54.1 Å². The quantitative estimate of drug-likeness (QED) is 0.718. The zero-order valence-corrected chi connectivity index (χ0v) is 15.9. The van der Waals surface area contributed by atoms with Crippen molar-refractivity contribution in [2.45, 2.75) is 6.18 Å². The molecule has 2 N–H and O–H groups in total. The molecular weight excluding hydrogens is 418 g/mol. The number of benzene rings is 1. The lowest BCUT2D eigenvalue weighted by atomic mass is 10.1. The van der Waals surface area contributed by atoms with E-state index in [2.05, 4.69) is 20.6 Å². The molecule has 7 nitrogen and oxygen atoms in total. The Morgan fingerprint density at radius 3 is 2.59 bits per heavy atom. The number of hydrogen-bond donors (Lipinski definition) is 2. The number of morpholine rings is 1. The van der Waals surface area contributed by atoms with Crippen LogP contribution in [0.4, 0.5) is 35.0 Å². The highest BCUT2D eigenvalue weighted by Crippen LogP contribution is 2.34. The largest absolute Gasteiger partial charge is 0.421 e. The molecule has 1 aromatic carbocycles. The molecular formula is C17H16ClF4N5O2. The number of aromatic nitrogens is 2. The number of rotatable bonds is 4. The van der Waals surface area contributed by atoms with Crippen LogP contribution in [0.25, 0.3) is 0 Å². The molecule has 29 heavy (non-hydrogen) atoms. The van der Waals surface area contributed by atoms with Gasteiger partial charge < -0.3 is 20.3 Å². The number of halogens is 5. The van der Waals surface area contributed by atoms with Crippen LogP contribution in [-0.2, 0) is 10.9 Å². The Morgan fingerprint density at radius 1 is 1.28 bits per heavy atom. The van der Waals surface area contributed by atoms with E-state index >= 15 is 0 Å². The maximum absolute atomic E-state index is 14.5. The number of carbonyl (C=O) groups is 1. The van der Waals surface area contributed by atoms with E-state index in [1.165, 1.54) is 11.9 Å². The van der Waals surface area contributed by atoms with E-state index in [-0.39, 0.29) is 22.2 Å². The topological polar surface area (TPSA) is 79.4 Å². The molecule has 0 spiro atoms. The Morgan fingerprint density at radius 2 is 1.97 bits per heavy atom. The zero-order valence-electron chi connectivity index (χ0n) is 15.1. The number of anilines is 3. The van der Waals surface area contributed by atoms with Crippen molar-refractivity contribution >= 4 is 35.0 Å². The minimum absolute atomic E-state index is 0.0221. The van der Waals surface area contributed by atoms with E-state index in [4.69, 9.17) is 16.3 Å². The van der Waals surface area contributed by atoms with Crippen molar-refractivity contribution in [2.24, 2.45) is 0 Å². The predicted octanol–water partition coefficient (Wildman–Crippen LogP) is 3.55. The first kappa shape index (κ1) is 21.1. The summed E-state index contributed by atoms with van der Waals surface area (Å²) < 4.78 is 58.5. The minimum atomic E-state index is -4.65. The average molecular weight is 434 g/mol. The van der Waals surface area contributed by atoms with E-state index in [0.717, 1.165) is 12.1 Å². The molecule has 2 aromatic rings. The molecule has 156 valence electrons. The lowest BCUT2D eigenvalue weighted by Crippen LogP contribution is -2.40. The second-order valence-electron chi connectivity index (χ2n) is 6.05. The standard InChI is InChI=1S/C17H16ClF4N5O2/c1-23-14-10(17(20,21)22)8-24-16(26-14)25-13-7-11(18)9(6-12(13)19)15(28)27-2-4-29-5-3-27/h6-8H,2-5H2,1H3,(H2,23,24,25,26). The molecule has 0 atom stereocenters. The first-order chi connectivity index (χ1) is 13.7. The summed E-state index contributed by atoms with van der Waals surface area (Å²) in [5, 5.41) is 4.78. The Bertz CT molecular complexity index is 919. The number of nitrogens with zero attached hydrogens (tertiary/aromatic N) is 3. The molecule has 0 bridgehead atoms. The normalized spacial score (nSPS) is 14.6. The lowest BCUT2D eigenvalue weighted by molar-refractivity contribution is -0.137. The van der Waals surface area contributed by atoms with Gasteiger partial charge in [-0.2, -0.15) is 18.2 Å². The third-order valence-corrected chi connectivity index (χ3v) is 4.48. The van der Waals surface area contributed by atoms with Crippen LogP contribution in [0.5, 0.6) is 0 Å². The molecule has 1 saturated heterocycles. The van der Waals surface area contributed by atoms with Gasteiger partial charge in [0.05, 0.1) is 29.5 Å². The van der Waals surface area contributed by atoms with E-state index in [9.17, 15) is 22.4 Å². The molecule has 12 heteroatoms. The second-order valence-corrected chi connectivity index (χ2v) is 6.45. The van der Waals surface area contributed by atoms with Crippen molar-refractivity contribution in [3.8, 4) is 0 Å². The first-order valence-corrected chi connectivity index (χ1v) is 8.83. The summed E-state index contributed by atoms with van der Waals surface area (Å²) >= 11 is 6.14. The van der Waals surface area contributed by atoms with Gasteiger partial charge in [0.2, 0.25) is 5.95 Å². The smallest absolute Gasteiger partial charge is 0.378 e. The average Bonchev–Trinajstić information content (AvgIpc) is 2.69. The van der Waals surface area contributed by atoms with Crippen molar-refractivity contribution in [3.05, 3.63) is 40.3 Å². The summed E-state index contributed by atoms with van der Waals surface area (Å²) in [4.78, 5) is 21.3. The molecule has 3 rings (SSSR count). The summed E-state index contributed by atoms with van der Waals surface area (Å²) in [5.41, 5.74) is -1.27. The van der Waals surface area contributed by atoms with Gasteiger partial charge in [-0.05, 0) is 12.1 Å². The zero-order chi connectivity index (χ0) is 21.2. The van der Waals surface area contributed by atoms with Crippen molar-refractivity contribution < 1.29 is 27.1 Å². The summed E-state index contributed by atoms with van der Waals surface area (Å²) in [6.45, 7) is 1.49. The van der Waals surface area contributed by atoms with E-state index in [1.54, 1.807) is 0 Å². The highest BCUT2D eigenvalue weighted by Gasteiger charge is 2.35. The maximum atomic E-state index is 14.5. The Balaban J connectivity index is 1.85. The van der Waals surface area contributed by atoms with Gasteiger partial charge >= 0.3 is 6.18 Å². The van der Waals surface area contributed by atoms with Crippen LogP contribution in [0, 0.1) is 5.82 Å². The van der Waals surface area contributed by atoms with E-state index in [1.807, 2.05) is 0 Å². The monoisotopic (exact) mass is 433 g/mol. The number of amides is 1. The molecule has 2 heterocycles. The first-order valence-electron chi connectivity index (χ1n) is 8.45. The summed E-state index contributed by atoms with van der Waals surface area (Å²) in [6, 6.07) is 2.12. The predicted molar refractivity (Wildman–Crippen MR) is 98.0 cm³/mol. The SMILES string of the molecule is CNc1nc(Nc2cc(Cl)c(C(=O)N3CCOCC3)cc2F)ncc1C(F)(F)F. The van der Waals surface area contributed by atoms with Crippen molar-refractivity contribution in [2.75, 3.05) is 44.0 Å². The molecule has 0 radical (unpaired) electrons. The van der Waals surface area contributed by atoms with Crippen LogP contribution < -0.4 is 10.6 Å². The molecule has 1 aromatic heterocycles. The Kier molecular flexibility index (Phi) is 6.08. The fourth-order valence-electron chi connectivity index (χ4n) is 2.70. The number of nitrogens with one attached hydrogen (secondary N) is 2. The molecule has 1 aliphatic heterocycles. The fourth-order valence-corrected chi connectivity index (χ4v) is 2.95. The van der Waals surface area contributed by atoms with Gasteiger partial charge in [-0.15, -0.1) is 0 Å². The van der Waals surface area contributed by atoms with Gasteiger partial charge in [-0.1, -0.05) is 11.6 Å². The molecule has 0 unspecified atom stereocenters. The Hall–Kier alpha value is -2.66. The summed E-state index contributed by atoms with van der Waals surface area (Å²) in [5.74, 6) is -2.02. The van der Waals surface area contributed by atoms with Gasteiger partial charge in [0, 0.05) is 26.3 Å². The van der Waals surface area contributed by atoms with Crippen molar-refractivity contribution in [1.29, 1.82) is 0 Å². The lowest BCUT2D eigenvalue weighted by Gasteiger charge is -2.27. The van der Waals surface area contributed by atoms with Gasteiger partial charge in [-0.3, -0.25) is 4.79 Å². The second kappa shape index (κ2) is 8.37. The fraction of sp³-hybridized carbons (Fsp3) is 0.353. The van der Waals surface area contributed by atoms with Gasteiger partial charge in [0.15, 0.2) is 0 Å². The summed E-state index contributed by atoms with van der Waals surface area (Å²) in [7, 11) is 1.27. The highest BCUT2D eigenvalue weighted by molar-refractivity contribution is 6.34. The number of alkyl halides is 3. The molecule has 1 amide bonds. The van der Waals surface area contributed by atoms with Crippen LogP contribution in [0.3, 0.4) is 0 Å². The summed E-state index contributed by atoms with van der Waals surface area (Å²) in [6.07, 6.45) is -4.07. The van der Waals surface area contributed by atoms with Gasteiger partial charge in [-0.25, -0.2) is 9.37 Å². The van der Waals surface area contributed by atoms with E-state index in [0.29, 0.717) is 32.5 Å². The van der Waals surface area contributed by atoms with E-state index < -0.39 is 29.3 Å². The minimum Gasteiger partial charge on any atom is -0.378 e. The number of ether oxygens (including phenoxy) is 1. The number of carbonyl (C=O) groups excluding carboxylic acids is 1. The van der Waals surface area contributed by atoms with Crippen molar-refractivity contribution in [3.63, 3.8) is 0 Å². The molecule has 1 aliphatic rings. The third kappa shape index (κ3) is 4.67. The van der Waals surface area contributed by atoms with Crippen LogP contribution in [0.2, 0.25) is 5.02 Å². The highest BCUT2D eigenvalue weighted by atomic mass is 35.5. The molecule has 0 aliphatic carbocycles. The number of hydrogen-bond acceptors (Lipinski definition) is 6. The third-order valence-electron chi connectivity index (χ3n) is 4.16. The van der Waals surface area contributed by atoms with Gasteiger partial charge in [0.1, 0.15) is 17.2 Å². The van der Waals surface area contributed by atoms with Crippen LogP contribution >= 0.6 is 11.6 Å². The van der Waals surface area contributed by atoms with Gasteiger partial charge in [0.25, 0.3) is 5.91 Å². The molecule has 0 saturated carbocycles. The Labute approximate surface area is 168 Å². The molecule has 1 fully saturated rings. The maximum Gasteiger partial charge on any atom is 0.421 e.